The highest BCUT2D eigenvalue weighted by molar-refractivity contribution is 6.07. The minimum atomic E-state index is -0.697. The quantitative estimate of drug-likeness (QED) is 0.697. The smallest absolute Gasteiger partial charge is 0.323 e. The maximum absolute atomic E-state index is 12.7. The zero-order valence-corrected chi connectivity index (χ0v) is 18.3. The van der Waals surface area contributed by atoms with E-state index in [0.717, 1.165) is 24.1 Å². The van der Waals surface area contributed by atoms with Gasteiger partial charge >= 0.3 is 6.03 Å². The predicted octanol–water partition coefficient (Wildman–Crippen LogP) is 3.29. The first-order valence-corrected chi connectivity index (χ1v) is 10.8. The van der Waals surface area contributed by atoms with Gasteiger partial charge in [0.15, 0.2) is 0 Å². The number of nitrogens with one attached hydrogen (secondary N) is 2. The molecule has 1 saturated heterocycles. The van der Waals surface area contributed by atoms with Crippen LogP contribution in [0.5, 0.6) is 0 Å². The molecule has 2 N–H and O–H groups in total. The number of amides is 4. The molecule has 1 aliphatic heterocycles. The van der Waals surface area contributed by atoms with Gasteiger partial charge in [-0.2, -0.15) is 0 Å². The standard InChI is InChI=1S/C23H29N5O3/c1-15-8-9-17(13-16(15)2)18-14-24-21(27(18)3)25-19(29)7-6-12-28-20(30)23(26-22(28)31)10-4-5-11-23/h8-9,13-14H,4-7,10-12H2,1-3H3,(H,26,31)(H,24,25,29). The molecule has 0 bridgehead atoms. The highest BCUT2D eigenvalue weighted by atomic mass is 16.2. The Balaban J connectivity index is 1.32. The van der Waals surface area contributed by atoms with Crippen molar-refractivity contribution in [2.75, 3.05) is 11.9 Å². The van der Waals surface area contributed by atoms with Crippen molar-refractivity contribution < 1.29 is 14.4 Å². The summed E-state index contributed by atoms with van der Waals surface area (Å²) in [5.74, 6) is 0.138. The van der Waals surface area contributed by atoms with Crippen LogP contribution in [0.25, 0.3) is 11.3 Å². The van der Waals surface area contributed by atoms with Crippen molar-refractivity contribution in [3.63, 3.8) is 0 Å². The first-order chi connectivity index (χ1) is 14.8. The van der Waals surface area contributed by atoms with E-state index >= 15 is 0 Å². The SMILES string of the molecule is Cc1ccc(-c2cnc(NC(=O)CCCN3C(=O)NC4(CCCC4)C3=O)n2C)cc1C. The monoisotopic (exact) mass is 423 g/mol. The number of rotatable bonds is 6. The van der Waals surface area contributed by atoms with Gasteiger partial charge in [0.1, 0.15) is 5.54 Å². The number of nitrogens with zero attached hydrogens (tertiary/aromatic N) is 3. The Labute approximate surface area is 182 Å². The highest BCUT2D eigenvalue weighted by Crippen LogP contribution is 2.35. The summed E-state index contributed by atoms with van der Waals surface area (Å²) in [5.41, 5.74) is 3.68. The summed E-state index contributed by atoms with van der Waals surface area (Å²) < 4.78 is 1.85. The predicted molar refractivity (Wildman–Crippen MR) is 117 cm³/mol. The van der Waals surface area contributed by atoms with E-state index in [1.807, 2.05) is 17.7 Å². The zero-order valence-electron chi connectivity index (χ0n) is 18.3. The fourth-order valence-electron chi connectivity index (χ4n) is 4.48. The van der Waals surface area contributed by atoms with Crippen LogP contribution in [0, 0.1) is 13.8 Å². The van der Waals surface area contributed by atoms with Crippen LogP contribution in [0.3, 0.4) is 0 Å². The second-order valence-corrected chi connectivity index (χ2v) is 8.65. The maximum Gasteiger partial charge on any atom is 0.325 e. The third-order valence-corrected chi connectivity index (χ3v) is 6.53. The molecule has 2 heterocycles. The molecule has 2 aromatic rings. The van der Waals surface area contributed by atoms with Crippen molar-refractivity contribution >= 4 is 23.8 Å². The van der Waals surface area contributed by atoms with E-state index in [2.05, 4.69) is 41.6 Å². The third kappa shape index (κ3) is 3.94. The van der Waals surface area contributed by atoms with Crippen LogP contribution in [0.4, 0.5) is 10.7 Å². The lowest BCUT2D eigenvalue weighted by molar-refractivity contribution is -0.131. The van der Waals surface area contributed by atoms with Gasteiger partial charge in [-0.25, -0.2) is 9.78 Å². The van der Waals surface area contributed by atoms with E-state index in [0.29, 0.717) is 25.2 Å². The van der Waals surface area contributed by atoms with Gasteiger partial charge in [0.2, 0.25) is 11.9 Å². The largest absolute Gasteiger partial charge is 0.325 e. The molecule has 8 nitrogen and oxygen atoms in total. The molecule has 164 valence electrons. The van der Waals surface area contributed by atoms with Crippen LogP contribution in [0.1, 0.15) is 49.7 Å². The molecular formula is C23H29N5O3. The number of urea groups is 1. The molecule has 1 saturated carbocycles. The van der Waals surface area contributed by atoms with Crippen LogP contribution in [0.2, 0.25) is 0 Å². The van der Waals surface area contributed by atoms with Crippen LogP contribution >= 0.6 is 0 Å². The molecule has 2 fully saturated rings. The van der Waals surface area contributed by atoms with E-state index in [1.54, 1.807) is 6.20 Å². The first kappa shape index (κ1) is 21.1. The molecule has 1 aliphatic carbocycles. The van der Waals surface area contributed by atoms with E-state index in [1.165, 1.54) is 16.0 Å². The van der Waals surface area contributed by atoms with E-state index in [-0.39, 0.29) is 30.8 Å². The maximum atomic E-state index is 12.7. The molecule has 4 amide bonds. The van der Waals surface area contributed by atoms with E-state index in [4.69, 9.17) is 0 Å². The number of anilines is 1. The van der Waals surface area contributed by atoms with Gasteiger partial charge in [-0.05, 0) is 50.3 Å². The Kier molecular flexibility index (Phi) is 5.56. The number of benzene rings is 1. The van der Waals surface area contributed by atoms with Crippen LogP contribution in [0.15, 0.2) is 24.4 Å². The first-order valence-electron chi connectivity index (χ1n) is 10.8. The Morgan fingerprint density at radius 3 is 2.65 bits per heavy atom. The van der Waals surface area contributed by atoms with Crippen molar-refractivity contribution in [2.45, 2.75) is 57.9 Å². The summed E-state index contributed by atoms with van der Waals surface area (Å²) in [7, 11) is 1.86. The number of carbonyl (C=O) groups is 3. The minimum Gasteiger partial charge on any atom is -0.323 e. The highest BCUT2D eigenvalue weighted by Gasteiger charge is 2.52. The number of hydrogen-bond acceptors (Lipinski definition) is 4. The molecule has 0 unspecified atom stereocenters. The molecule has 8 heteroatoms. The number of carbonyl (C=O) groups excluding carboxylic acids is 3. The van der Waals surface area contributed by atoms with Crippen molar-refractivity contribution in [3.8, 4) is 11.3 Å². The second kappa shape index (κ2) is 8.17. The van der Waals surface area contributed by atoms with E-state index in [9.17, 15) is 14.4 Å². The Morgan fingerprint density at radius 2 is 1.94 bits per heavy atom. The Morgan fingerprint density at radius 1 is 1.19 bits per heavy atom. The molecule has 1 aromatic carbocycles. The lowest BCUT2D eigenvalue weighted by Crippen LogP contribution is -2.44. The Bertz CT molecular complexity index is 1040. The summed E-state index contributed by atoms with van der Waals surface area (Å²) >= 11 is 0. The van der Waals surface area contributed by atoms with Crippen molar-refractivity contribution in [3.05, 3.63) is 35.5 Å². The lowest BCUT2D eigenvalue weighted by Gasteiger charge is -2.19. The topological polar surface area (TPSA) is 96.3 Å². The zero-order chi connectivity index (χ0) is 22.2. The summed E-state index contributed by atoms with van der Waals surface area (Å²) in [6.45, 7) is 4.38. The Hall–Kier alpha value is -3.16. The molecule has 2 aliphatic rings. The van der Waals surface area contributed by atoms with Crippen molar-refractivity contribution in [1.29, 1.82) is 0 Å². The lowest BCUT2D eigenvalue weighted by atomic mass is 9.98. The normalized spacial score (nSPS) is 17.5. The van der Waals surface area contributed by atoms with Gasteiger partial charge in [-0.3, -0.25) is 19.8 Å². The molecule has 1 aromatic heterocycles. The molecule has 31 heavy (non-hydrogen) atoms. The summed E-state index contributed by atoms with van der Waals surface area (Å²) in [6, 6.07) is 5.88. The number of hydrogen-bond donors (Lipinski definition) is 2. The van der Waals surface area contributed by atoms with Crippen molar-refractivity contribution in [1.82, 2.24) is 19.8 Å². The van der Waals surface area contributed by atoms with E-state index < -0.39 is 5.54 Å². The molecular weight excluding hydrogens is 394 g/mol. The van der Waals surface area contributed by atoms with Crippen LogP contribution in [-0.2, 0) is 16.6 Å². The van der Waals surface area contributed by atoms with Gasteiger partial charge in [0.05, 0.1) is 11.9 Å². The second-order valence-electron chi connectivity index (χ2n) is 8.65. The summed E-state index contributed by atoms with van der Waals surface area (Å²) in [4.78, 5) is 42.9. The van der Waals surface area contributed by atoms with Gasteiger partial charge in [-0.15, -0.1) is 0 Å². The average molecular weight is 424 g/mol. The molecule has 1 spiro atoms. The molecule has 0 radical (unpaired) electrons. The van der Waals surface area contributed by atoms with Crippen molar-refractivity contribution in [2.24, 2.45) is 7.05 Å². The fraction of sp³-hybridized carbons (Fsp3) is 0.478. The van der Waals surface area contributed by atoms with Gasteiger partial charge in [0, 0.05) is 25.6 Å². The van der Waals surface area contributed by atoms with Gasteiger partial charge in [0.25, 0.3) is 5.91 Å². The molecule has 0 atom stereocenters. The van der Waals surface area contributed by atoms with Crippen LogP contribution < -0.4 is 10.6 Å². The summed E-state index contributed by atoms with van der Waals surface area (Å²) in [5, 5.41) is 5.70. The number of imidazole rings is 1. The number of aryl methyl sites for hydroxylation is 2. The summed E-state index contributed by atoms with van der Waals surface area (Å²) in [6.07, 6.45) is 5.68. The van der Waals surface area contributed by atoms with Gasteiger partial charge < -0.3 is 9.88 Å². The fourth-order valence-corrected chi connectivity index (χ4v) is 4.48. The third-order valence-electron chi connectivity index (χ3n) is 6.53. The average Bonchev–Trinajstić information content (AvgIpc) is 3.40. The van der Waals surface area contributed by atoms with Gasteiger partial charge in [-0.1, -0.05) is 25.0 Å². The number of imide groups is 1. The number of aromatic nitrogens is 2. The van der Waals surface area contributed by atoms with Crippen LogP contribution in [-0.4, -0.2) is 44.4 Å². The molecule has 4 rings (SSSR count). The minimum absolute atomic E-state index is 0.141.